The molecule has 2 rings (SSSR count). The van der Waals surface area contributed by atoms with Gasteiger partial charge in [-0.25, -0.2) is 4.39 Å². The first-order chi connectivity index (χ1) is 7.66. The lowest BCUT2D eigenvalue weighted by Gasteiger charge is -2.11. The van der Waals surface area contributed by atoms with Crippen molar-refractivity contribution >= 4 is 21.8 Å². The summed E-state index contributed by atoms with van der Waals surface area (Å²) < 4.78 is 13.3. The fourth-order valence-electron chi connectivity index (χ4n) is 1.68. The normalized spacial score (nSPS) is 19.8. The van der Waals surface area contributed by atoms with Crippen molar-refractivity contribution in [3.05, 3.63) is 34.1 Å². The van der Waals surface area contributed by atoms with Crippen molar-refractivity contribution in [3.63, 3.8) is 0 Å². The lowest BCUT2D eigenvalue weighted by atomic mass is 10.2. The van der Waals surface area contributed by atoms with Gasteiger partial charge in [-0.15, -0.1) is 0 Å². The van der Waals surface area contributed by atoms with Gasteiger partial charge in [-0.05, 0) is 47.1 Å². The Morgan fingerprint density at radius 2 is 2.38 bits per heavy atom. The van der Waals surface area contributed by atoms with Crippen molar-refractivity contribution in [1.29, 1.82) is 0 Å². The zero-order valence-corrected chi connectivity index (χ0v) is 10.2. The van der Waals surface area contributed by atoms with Gasteiger partial charge in [0.1, 0.15) is 5.82 Å². The van der Waals surface area contributed by atoms with Gasteiger partial charge in [0, 0.05) is 18.2 Å². The Morgan fingerprint density at radius 3 is 3.00 bits per heavy atom. The molecule has 0 saturated carbocycles. The Kier molecular flexibility index (Phi) is 3.56. The van der Waals surface area contributed by atoms with E-state index in [9.17, 15) is 9.18 Å². The average Bonchev–Trinajstić information content (AvgIpc) is 2.74. The number of hydrogen-bond donors (Lipinski definition) is 2. The molecule has 0 spiro atoms. The van der Waals surface area contributed by atoms with Crippen LogP contribution in [0, 0.1) is 5.82 Å². The molecule has 5 heteroatoms. The number of amides is 1. The zero-order valence-electron chi connectivity index (χ0n) is 8.59. The van der Waals surface area contributed by atoms with E-state index in [0.29, 0.717) is 10.0 Å². The maximum Gasteiger partial charge on any atom is 0.251 e. The van der Waals surface area contributed by atoms with Crippen LogP contribution in [0.3, 0.4) is 0 Å². The lowest BCUT2D eigenvalue weighted by Crippen LogP contribution is -2.36. The van der Waals surface area contributed by atoms with Gasteiger partial charge < -0.3 is 10.6 Å². The Balaban J connectivity index is 2.05. The van der Waals surface area contributed by atoms with E-state index in [4.69, 9.17) is 0 Å². The molecule has 1 atom stereocenters. The minimum Gasteiger partial charge on any atom is -0.348 e. The zero-order chi connectivity index (χ0) is 11.5. The van der Waals surface area contributed by atoms with E-state index in [-0.39, 0.29) is 17.8 Å². The van der Waals surface area contributed by atoms with Crippen molar-refractivity contribution < 1.29 is 9.18 Å². The van der Waals surface area contributed by atoms with Gasteiger partial charge in [0.25, 0.3) is 5.91 Å². The van der Waals surface area contributed by atoms with Crippen molar-refractivity contribution in [2.75, 3.05) is 13.1 Å². The summed E-state index contributed by atoms with van der Waals surface area (Å²) in [6, 6.07) is 4.44. The van der Waals surface area contributed by atoms with Crippen LogP contribution < -0.4 is 10.6 Å². The molecular weight excluding hydrogens is 275 g/mol. The van der Waals surface area contributed by atoms with Gasteiger partial charge >= 0.3 is 0 Å². The van der Waals surface area contributed by atoms with Crippen LogP contribution in [0.1, 0.15) is 16.8 Å². The van der Waals surface area contributed by atoms with Crippen LogP contribution >= 0.6 is 15.9 Å². The molecule has 1 aliphatic rings. The van der Waals surface area contributed by atoms with Gasteiger partial charge in [0.2, 0.25) is 0 Å². The second kappa shape index (κ2) is 4.93. The Hall–Kier alpha value is -0.940. The Morgan fingerprint density at radius 1 is 1.56 bits per heavy atom. The van der Waals surface area contributed by atoms with E-state index < -0.39 is 0 Å². The third-order valence-electron chi connectivity index (χ3n) is 2.58. The summed E-state index contributed by atoms with van der Waals surface area (Å²) >= 11 is 3.06. The lowest BCUT2D eigenvalue weighted by molar-refractivity contribution is 0.0940. The number of halogens is 2. The average molecular weight is 287 g/mol. The van der Waals surface area contributed by atoms with E-state index >= 15 is 0 Å². The van der Waals surface area contributed by atoms with Crippen LogP contribution in [0.25, 0.3) is 0 Å². The van der Waals surface area contributed by atoms with Gasteiger partial charge in [0.05, 0.1) is 4.47 Å². The molecule has 1 heterocycles. The van der Waals surface area contributed by atoms with E-state index in [1.807, 2.05) is 0 Å². The van der Waals surface area contributed by atoms with E-state index in [0.717, 1.165) is 19.5 Å². The predicted octanol–water partition coefficient (Wildman–Crippen LogP) is 1.68. The standard InChI is InChI=1S/C11H12BrFN2O/c12-9-5-7(1-2-10(9)13)11(16)15-8-3-4-14-6-8/h1-2,5,8,14H,3-4,6H2,(H,15,16)/t8-/m0/s1. The van der Waals surface area contributed by atoms with Gasteiger partial charge in [-0.1, -0.05) is 0 Å². The molecule has 86 valence electrons. The molecule has 1 saturated heterocycles. The second-order valence-corrected chi connectivity index (χ2v) is 4.65. The molecule has 1 amide bonds. The van der Waals surface area contributed by atoms with Crippen LogP contribution in [0.4, 0.5) is 4.39 Å². The summed E-state index contributed by atoms with van der Waals surface area (Å²) in [6.45, 7) is 1.73. The van der Waals surface area contributed by atoms with Gasteiger partial charge in [-0.2, -0.15) is 0 Å². The predicted molar refractivity (Wildman–Crippen MR) is 62.8 cm³/mol. The van der Waals surface area contributed by atoms with Crippen LogP contribution in [-0.4, -0.2) is 25.0 Å². The first-order valence-electron chi connectivity index (χ1n) is 5.13. The van der Waals surface area contributed by atoms with Gasteiger partial charge in [0.15, 0.2) is 0 Å². The molecule has 0 unspecified atom stereocenters. The molecule has 0 bridgehead atoms. The third kappa shape index (κ3) is 2.59. The fourth-order valence-corrected chi connectivity index (χ4v) is 2.06. The highest BCUT2D eigenvalue weighted by Crippen LogP contribution is 2.17. The van der Waals surface area contributed by atoms with Crippen molar-refractivity contribution in [1.82, 2.24) is 10.6 Å². The third-order valence-corrected chi connectivity index (χ3v) is 3.19. The Bertz CT molecular complexity index is 405. The largest absolute Gasteiger partial charge is 0.348 e. The number of rotatable bonds is 2. The van der Waals surface area contributed by atoms with E-state index in [2.05, 4.69) is 26.6 Å². The van der Waals surface area contributed by atoms with Crippen LogP contribution in [0.2, 0.25) is 0 Å². The minimum atomic E-state index is -0.362. The molecule has 0 aromatic heterocycles. The molecule has 0 aliphatic carbocycles. The molecular formula is C11H12BrFN2O. The van der Waals surface area contributed by atoms with Crippen molar-refractivity contribution in [2.45, 2.75) is 12.5 Å². The summed E-state index contributed by atoms with van der Waals surface area (Å²) in [4.78, 5) is 11.8. The summed E-state index contributed by atoms with van der Waals surface area (Å²) in [6.07, 6.45) is 0.939. The fraction of sp³-hybridized carbons (Fsp3) is 0.364. The maximum absolute atomic E-state index is 13.0. The molecule has 0 radical (unpaired) electrons. The summed E-state index contributed by atoms with van der Waals surface area (Å²) in [5.41, 5.74) is 0.472. The molecule has 1 fully saturated rings. The first kappa shape index (κ1) is 11.5. The number of hydrogen-bond acceptors (Lipinski definition) is 2. The molecule has 1 aromatic rings. The number of benzene rings is 1. The van der Waals surface area contributed by atoms with Crippen LogP contribution in [0.5, 0.6) is 0 Å². The summed E-state index contributed by atoms with van der Waals surface area (Å²) in [5.74, 6) is -0.520. The smallest absolute Gasteiger partial charge is 0.251 e. The number of nitrogens with one attached hydrogen (secondary N) is 2. The maximum atomic E-state index is 13.0. The second-order valence-electron chi connectivity index (χ2n) is 3.79. The SMILES string of the molecule is O=C(N[C@H]1CCNC1)c1ccc(F)c(Br)c1. The van der Waals surface area contributed by atoms with Gasteiger partial charge in [-0.3, -0.25) is 4.79 Å². The topological polar surface area (TPSA) is 41.1 Å². The highest BCUT2D eigenvalue weighted by atomic mass is 79.9. The van der Waals surface area contributed by atoms with E-state index in [1.54, 1.807) is 0 Å². The molecule has 2 N–H and O–H groups in total. The monoisotopic (exact) mass is 286 g/mol. The minimum absolute atomic E-state index is 0.158. The van der Waals surface area contributed by atoms with Crippen molar-refractivity contribution in [2.24, 2.45) is 0 Å². The summed E-state index contributed by atoms with van der Waals surface area (Å²) in [7, 11) is 0. The molecule has 16 heavy (non-hydrogen) atoms. The summed E-state index contributed by atoms with van der Waals surface area (Å²) in [5, 5.41) is 6.06. The molecule has 1 aliphatic heterocycles. The molecule has 1 aromatic carbocycles. The number of carbonyl (C=O) groups excluding carboxylic acids is 1. The highest BCUT2D eigenvalue weighted by Gasteiger charge is 2.17. The highest BCUT2D eigenvalue weighted by molar-refractivity contribution is 9.10. The van der Waals surface area contributed by atoms with E-state index in [1.165, 1.54) is 18.2 Å². The molecule has 3 nitrogen and oxygen atoms in total. The first-order valence-corrected chi connectivity index (χ1v) is 5.93. The quantitative estimate of drug-likeness (QED) is 0.869. The Labute approximate surface area is 102 Å². The van der Waals surface area contributed by atoms with Crippen LogP contribution in [0.15, 0.2) is 22.7 Å². The van der Waals surface area contributed by atoms with Crippen LogP contribution in [-0.2, 0) is 0 Å². The van der Waals surface area contributed by atoms with Crippen molar-refractivity contribution in [3.8, 4) is 0 Å². The number of carbonyl (C=O) groups is 1.